The molecule has 0 unspecified atom stereocenters. The van der Waals surface area contributed by atoms with Gasteiger partial charge in [0.05, 0.1) is 11.6 Å². The zero-order chi connectivity index (χ0) is 10.7. The number of nitriles is 1. The molecule has 0 bridgehead atoms. The minimum atomic E-state index is 0.676. The first kappa shape index (κ1) is 9.88. The normalized spacial score (nSPS) is 9.60. The fourth-order valence-electron chi connectivity index (χ4n) is 1.40. The molecule has 0 spiro atoms. The van der Waals surface area contributed by atoms with Crippen molar-refractivity contribution in [2.24, 2.45) is 0 Å². The van der Waals surface area contributed by atoms with Gasteiger partial charge in [-0.3, -0.25) is 0 Å². The quantitative estimate of drug-likeness (QED) is 0.736. The van der Waals surface area contributed by atoms with E-state index >= 15 is 0 Å². The Hall–Kier alpha value is -1.66. The molecule has 2 rings (SSSR count). The van der Waals surface area contributed by atoms with E-state index in [0.717, 1.165) is 15.7 Å². The molecule has 0 aliphatic carbocycles. The molecule has 0 fully saturated rings. The second-order valence-electron chi connectivity index (χ2n) is 3.02. The van der Waals surface area contributed by atoms with Crippen molar-refractivity contribution >= 4 is 15.9 Å². The van der Waals surface area contributed by atoms with Crippen molar-refractivity contribution in [2.45, 2.75) is 0 Å². The summed E-state index contributed by atoms with van der Waals surface area (Å²) in [6, 6.07) is 13.5. The highest BCUT2D eigenvalue weighted by molar-refractivity contribution is 9.10. The molecule has 1 aromatic carbocycles. The predicted molar refractivity (Wildman–Crippen MR) is 62.1 cm³/mol. The second-order valence-corrected chi connectivity index (χ2v) is 3.84. The summed E-state index contributed by atoms with van der Waals surface area (Å²) in [4.78, 5) is 4.05. The van der Waals surface area contributed by atoms with Crippen LogP contribution < -0.4 is 0 Å². The maximum absolute atomic E-state index is 8.97. The smallest absolute Gasteiger partial charge is 0.106 e. The maximum Gasteiger partial charge on any atom is 0.106 e. The molecule has 1 aromatic heterocycles. The Morgan fingerprint density at radius 1 is 1.20 bits per heavy atom. The summed E-state index contributed by atoms with van der Waals surface area (Å²) >= 11 is 3.31. The summed E-state index contributed by atoms with van der Waals surface area (Å²) in [5.74, 6) is 0. The van der Waals surface area contributed by atoms with Crippen molar-refractivity contribution in [1.82, 2.24) is 4.98 Å². The molecule has 0 N–H and O–H groups in total. The lowest BCUT2D eigenvalue weighted by atomic mass is 10.0. The van der Waals surface area contributed by atoms with Crippen LogP contribution in [0.3, 0.4) is 0 Å². The standard InChI is InChI=1S/C12H7BrN2/c13-12-7-9(5-6-15-12)11-4-2-1-3-10(11)8-14/h1-7H. The third kappa shape index (κ3) is 2.05. The summed E-state index contributed by atoms with van der Waals surface area (Å²) in [6.07, 6.45) is 1.72. The number of aromatic nitrogens is 1. The van der Waals surface area contributed by atoms with Gasteiger partial charge in [0.25, 0.3) is 0 Å². The fraction of sp³-hybridized carbons (Fsp3) is 0. The van der Waals surface area contributed by atoms with E-state index in [-0.39, 0.29) is 0 Å². The van der Waals surface area contributed by atoms with Gasteiger partial charge in [0, 0.05) is 6.20 Å². The van der Waals surface area contributed by atoms with Crippen LogP contribution in [-0.2, 0) is 0 Å². The van der Waals surface area contributed by atoms with Crippen LogP contribution in [0.1, 0.15) is 5.56 Å². The monoisotopic (exact) mass is 258 g/mol. The Morgan fingerprint density at radius 3 is 2.73 bits per heavy atom. The van der Waals surface area contributed by atoms with Crippen LogP contribution in [0.25, 0.3) is 11.1 Å². The van der Waals surface area contributed by atoms with Gasteiger partial charge in [-0.1, -0.05) is 18.2 Å². The molecule has 0 radical (unpaired) electrons. The van der Waals surface area contributed by atoms with Crippen molar-refractivity contribution < 1.29 is 0 Å². The lowest BCUT2D eigenvalue weighted by molar-refractivity contribution is 1.28. The predicted octanol–water partition coefficient (Wildman–Crippen LogP) is 3.38. The van der Waals surface area contributed by atoms with Crippen LogP contribution in [0, 0.1) is 11.3 Å². The molecule has 0 aliphatic rings. The van der Waals surface area contributed by atoms with Gasteiger partial charge in [-0.05, 0) is 45.3 Å². The molecular formula is C12H7BrN2. The number of benzene rings is 1. The molecular weight excluding hydrogens is 252 g/mol. The Kier molecular flexibility index (Phi) is 2.79. The highest BCUT2D eigenvalue weighted by atomic mass is 79.9. The highest BCUT2D eigenvalue weighted by Crippen LogP contribution is 2.24. The first-order valence-electron chi connectivity index (χ1n) is 4.42. The Morgan fingerprint density at radius 2 is 2.00 bits per heavy atom. The SMILES string of the molecule is N#Cc1ccccc1-c1ccnc(Br)c1. The summed E-state index contributed by atoms with van der Waals surface area (Å²) in [5.41, 5.74) is 2.60. The Balaban J connectivity index is 2.60. The number of halogens is 1. The van der Waals surface area contributed by atoms with E-state index in [9.17, 15) is 0 Å². The fourth-order valence-corrected chi connectivity index (χ4v) is 1.77. The van der Waals surface area contributed by atoms with Crippen LogP contribution in [0.15, 0.2) is 47.2 Å². The number of rotatable bonds is 1. The number of pyridine rings is 1. The van der Waals surface area contributed by atoms with Crippen LogP contribution in [0.5, 0.6) is 0 Å². The number of nitrogens with zero attached hydrogens (tertiary/aromatic N) is 2. The van der Waals surface area contributed by atoms with Crippen molar-refractivity contribution in [3.8, 4) is 17.2 Å². The molecule has 0 aliphatic heterocycles. The molecule has 15 heavy (non-hydrogen) atoms. The Bertz CT molecular complexity index is 529. The van der Waals surface area contributed by atoms with Gasteiger partial charge in [0.15, 0.2) is 0 Å². The van der Waals surface area contributed by atoms with E-state index in [0.29, 0.717) is 5.56 Å². The average molecular weight is 259 g/mol. The van der Waals surface area contributed by atoms with Crippen LogP contribution in [0.4, 0.5) is 0 Å². The molecule has 0 atom stereocenters. The molecule has 3 heteroatoms. The van der Waals surface area contributed by atoms with Crippen LogP contribution in [-0.4, -0.2) is 4.98 Å². The van der Waals surface area contributed by atoms with Crippen LogP contribution in [0.2, 0.25) is 0 Å². The second kappa shape index (κ2) is 4.24. The van der Waals surface area contributed by atoms with Gasteiger partial charge in [-0.15, -0.1) is 0 Å². The van der Waals surface area contributed by atoms with Crippen molar-refractivity contribution in [1.29, 1.82) is 5.26 Å². The first-order valence-corrected chi connectivity index (χ1v) is 5.21. The molecule has 2 nitrogen and oxygen atoms in total. The third-order valence-electron chi connectivity index (χ3n) is 2.09. The summed E-state index contributed by atoms with van der Waals surface area (Å²) in [7, 11) is 0. The maximum atomic E-state index is 8.97. The summed E-state index contributed by atoms with van der Waals surface area (Å²) in [5, 5.41) is 8.97. The first-order chi connectivity index (χ1) is 7.31. The van der Waals surface area contributed by atoms with Gasteiger partial charge in [0.2, 0.25) is 0 Å². The van der Waals surface area contributed by atoms with Crippen LogP contribution >= 0.6 is 15.9 Å². The molecule has 0 saturated heterocycles. The van der Waals surface area contributed by atoms with Gasteiger partial charge in [0.1, 0.15) is 4.60 Å². The molecule has 0 amide bonds. The van der Waals surface area contributed by atoms with Crippen molar-refractivity contribution in [2.75, 3.05) is 0 Å². The van der Waals surface area contributed by atoms with E-state index in [1.54, 1.807) is 6.20 Å². The average Bonchev–Trinajstić information content (AvgIpc) is 2.29. The Labute approximate surface area is 96.3 Å². The zero-order valence-electron chi connectivity index (χ0n) is 7.81. The zero-order valence-corrected chi connectivity index (χ0v) is 9.40. The van der Waals surface area contributed by atoms with Gasteiger partial charge in [-0.25, -0.2) is 4.98 Å². The van der Waals surface area contributed by atoms with E-state index in [1.165, 1.54) is 0 Å². The summed E-state index contributed by atoms with van der Waals surface area (Å²) in [6.45, 7) is 0. The van der Waals surface area contributed by atoms with E-state index in [2.05, 4.69) is 27.0 Å². The van der Waals surface area contributed by atoms with E-state index < -0.39 is 0 Å². The largest absolute Gasteiger partial charge is 0.249 e. The lowest BCUT2D eigenvalue weighted by Crippen LogP contribution is -1.84. The third-order valence-corrected chi connectivity index (χ3v) is 2.52. The van der Waals surface area contributed by atoms with Crippen molar-refractivity contribution in [3.05, 3.63) is 52.8 Å². The topological polar surface area (TPSA) is 36.7 Å². The molecule has 0 saturated carbocycles. The molecule has 72 valence electrons. The molecule has 1 heterocycles. The number of hydrogen-bond acceptors (Lipinski definition) is 2. The highest BCUT2D eigenvalue weighted by Gasteiger charge is 2.03. The van der Waals surface area contributed by atoms with Gasteiger partial charge >= 0.3 is 0 Å². The van der Waals surface area contributed by atoms with Gasteiger partial charge in [-0.2, -0.15) is 5.26 Å². The minimum absolute atomic E-state index is 0.676. The molecule has 2 aromatic rings. The number of hydrogen-bond donors (Lipinski definition) is 0. The minimum Gasteiger partial charge on any atom is -0.249 e. The van der Waals surface area contributed by atoms with E-state index in [4.69, 9.17) is 5.26 Å². The summed E-state index contributed by atoms with van der Waals surface area (Å²) < 4.78 is 0.771. The van der Waals surface area contributed by atoms with E-state index in [1.807, 2.05) is 36.4 Å². The van der Waals surface area contributed by atoms with Crippen molar-refractivity contribution in [3.63, 3.8) is 0 Å². The lowest BCUT2D eigenvalue weighted by Gasteiger charge is -2.03. The van der Waals surface area contributed by atoms with Gasteiger partial charge < -0.3 is 0 Å².